The highest BCUT2D eigenvalue weighted by Gasteiger charge is 2.34. The van der Waals surface area contributed by atoms with Crippen LogP contribution in [0.15, 0.2) is 0 Å². The molecule has 1 fully saturated rings. The standard InChI is InChI=1S/C16H30N2O4/c1-5-6-7-9-17-14(19)12-8-10-21-13(12)11-18-15(20)22-16(2,3)4/h12-13H,5-11H2,1-4H3,(H,17,19)(H,18,20)/t12-,13+/m1/s1. The van der Waals surface area contributed by atoms with E-state index in [9.17, 15) is 9.59 Å². The second-order valence-corrected chi connectivity index (χ2v) is 6.69. The van der Waals surface area contributed by atoms with E-state index in [1.807, 2.05) is 20.8 Å². The summed E-state index contributed by atoms with van der Waals surface area (Å²) in [6, 6.07) is 0. The molecule has 1 aliphatic heterocycles. The Labute approximate surface area is 133 Å². The minimum Gasteiger partial charge on any atom is -0.444 e. The molecule has 0 aliphatic carbocycles. The van der Waals surface area contributed by atoms with Crippen LogP contribution in [0.3, 0.4) is 0 Å². The van der Waals surface area contributed by atoms with Crippen molar-refractivity contribution in [2.24, 2.45) is 5.92 Å². The third-order valence-corrected chi connectivity index (χ3v) is 3.47. The molecule has 1 aliphatic rings. The highest BCUT2D eigenvalue weighted by atomic mass is 16.6. The molecule has 2 N–H and O–H groups in total. The van der Waals surface area contributed by atoms with E-state index in [0.29, 0.717) is 26.1 Å². The molecule has 2 atom stereocenters. The minimum atomic E-state index is -0.531. The van der Waals surface area contributed by atoms with Gasteiger partial charge in [-0.2, -0.15) is 0 Å². The van der Waals surface area contributed by atoms with Crippen LogP contribution in [0, 0.1) is 5.92 Å². The topological polar surface area (TPSA) is 76.7 Å². The summed E-state index contributed by atoms with van der Waals surface area (Å²) in [6.07, 6.45) is 3.18. The van der Waals surface area contributed by atoms with Crippen LogP contribution in [-0.2, 0) is 14.3 Å². The molecule has 0 aromatic rings. The maximum absolute atomic E-state index is 12.2. The van der Waals surface area contributed by atoms with Crippen molar-refractivity contribution in [3.05, 3.63) is 0 Å². The Hall–Kier alpha value is -1.30. The summed E-state index contributed by atoms with van der Waals surface area (Å²) in [7, 11) is 0. The van der Waals surface area contributed by atoms with Crippen molar-refractivity contribution < 1.29 is 19.1 Å². The van der Waals surface area contributed by atoms with E-state index in [1.165, 1.54) is 0 Å². The van der Waals surface area contributed by atoms with Crippen molar-refractivity contribution >= 4 is 12.0 Å². The number of carbonyl (C=O) groups is 2. The first-order valence-corrected chi connectivity index (χ1v) is 8.19. The number of amides is 2. The molecule has 128 valence electrons. The van der Waals surface area contributed by atoms with E-state index in [-0.39, 0.29) is 17.9 Å². The van der Waals surface area contributed by atoms with Gasteiger partial charge in [0.1, 0.15) is 5.60 Å². The van der Waals surface area contributed by atoms with Crippen LogP contribution < -0.4 is 10.6 Å². The van der Waals surface area contributed by atoms with E-state index < -0.39 is 11.7 Å². The van der Waals surface area contributed by atoms with Crippen LogP contribution in [0.25, 0.3) is 0 Å². The molecule has 0 radical (unpaired) electrons. The fourth-order valence-corrected chi connectivity index (χ4v) is 2.37. The Kier molecular flexibility index (Phi) is 7.65. The van der Waals surface area contributed by atoms with Gasteiger partial charge in [-0.3, -0.25) is 4.79 Å². The largest absolute Gasteiger partial charge is 0.444 e. The van der Waals surface area contributed by atoms with Crippen LogP contribution >= 0.6 is 0 Å². The zero-order valence-electron chi connectivity index (χ0n) is 14.2. The fourth-order valence-electron chi connectivity index (χ4n) is 2.37. The Morgan fingerprint density at radius 3 is 2.59 bits per heavy atom. The van der Waals surface area contributed by atoms with Gasteiger partial charge in [-0.05, 0) is 33.6 Å². The van der Waals surface area contributed by atoms with E-state index in [0.717, 1.165) is 19.3 Å². The maximum atomic E-state index is 12.2. The maximum Gasteiger partial charge on any atom is 0.407 e. The summed E-state index contributed by atoms with van der Waals surface area (Å²) in [6.45, 7) is 9.11. The normalized spacial score (nSPS) is 21.5. The van der Waals surface area contributed by atoms with Gasteiger partial charge in [-0.15, -0.1) is 0 Å². The molecule has 1 rings (SSSR count). The molecular formula is C16H30N2O4. The quantitative estimate of drug-likeness (QED) is 0.706. The lowest BCUT2D eigenvalue weighted by Crippen LogP contribution is -2.42. The Morgan fingerprint density at radius 1 is 1.23 bits per heavy atom. The number of carbonyl (C=O) groups excluding carboxylic acids is 2. The minimum absolute atomic E-state index is 0.0181. The second kappa shape index (κ2) is 8.98. The van der Waals surface area contributed by atoms with Gasteiger partial charge >= 0.3 is 6.09 Å². The number of rotatable bonds is 7. The third kappa shape index (κ3) is 7.11. The average Bonchev–Trinajstić information content (AvgIpc) is 2.87. The van der Waals surface area contributed by atoms with Gasteiger partial charge in [0.25, 0.3) is 0 Å². The molecular weight excluding hydrogens is 284 g/mol. The van der Waals surface area contributed by atoms with Gasteiger partial charge in [-0.1, -0.05) is 19.8 Å². The SMILES string of the molecule is CCCCCNC(=O)[C@@H]1CCO[C@H]1CNC(=O)OC(C)(C)C. The predicted octanol–water partition coefficient (Wildman–Crippen LogP) is 2.22. The molecule has 0 spiro atoms. The smallest absolute Gasteiger partial charge is 0.407 e. The van der Waals surface area contributed by atoms with Crippen molar-refractivity contribution in [1.82, 2.24) is 10.6 Å². The summed E-state index contributed by atoms with van der Waals surface area (Å²) >= 11 is 0. The molecule has 0 aromatic carbocycles. The summed E-state index contributed by atoms with van der Waals surface area (Å²) < 4.78 is 10.7. The lowest BCUT2D eigenvalue weighted by molar-refractivity contribution is -0.126. The second-order valence-electron chi connectivity index (χ2n) is 6.69. The molecule has 6 heteroatoms. The fraction of sp³-hybridized carbons (Fsp3) is 0.875. The van der Waals surface area contributed by atoms with E-state index in [2.05, 4.69) is 17.6 Å². The lowest BCUT2D eigenvalue weighted by Gasteiger charge is -2.22. The van der Waals surface area contributed by atoms with Crippen LogP contribution in [0.1, 0.15) is 53.4 Å². The molecule has 0 aromatic heterocycles. The number of hydrogen-bond acceptors (Lipinski definition) is 4. The van der Waals surface area contributed by atoms with Crippen LogP contribution in [0.2, 0.25) is 0 Å². The van der Waals surface area contributed by atoms with Crippen molar-refractivity contribution in [3.63, 3.8) is 0 Å². The average molecular weight is 314 g/mol. The summed E-state index contributed by atoms with van der Waals surface area (Å²) in [5.41, 5.74) is -0.531. The summed E-state index contributed by atoms with van der Waals surface area (Å²) in [5, 5.41) is 5.63. The summed E-state index contributed by atoms with van der Waals surface area (Å²) in [5.74, 6) is -0.179. The van der Waals surface area contributed by atoms with E-state index in [1.54, 1.807) is 0 Å². The van der Waals surface area contributed by atoms with Gasteiger partial charge in [0.2, 0.25) is 5.91 Å². The van der Waals surface area contributed by atoms with Crippen LogP contribution in [0.5, 0.6) is 0 Å². The Morgan fingerprint density at radius 2 is 1.95 bits per heavy atom. The molecule has 1 saturated heterocycles. The highest BCUT2D eigenvalue weighted by molar-refractivity contribution is 5.79. The molecule has 0 bridgehead atoms. The van der Waals surface area contributed by atoms with Crippen molar-refractivity contribution in [1.29, 1.82) is 0 Å². The van der Waals surface area contributed by atoms with Gasteiger partial charge in [-0.25, -0.2) is 4.79 Å². The highest BCUT2D eigenvalue weighted by Crippen LogP contribution is 2.21. The van der Waals surface area contributed by atoms with Gasteiger partial charge in [0, 0.05) is 19.7 Å². The number of alkyl carbamates (subject to hydrolysis) is 1. The zero-order chi connectivity index (χ0) is 16.6. The van der Waals surface area contributed by atoms with Crippen molar-refractivity contribution in [2.45, 2.75) is 65.1 Å². The van der Waals surface area contributed by atoms with Gasteiger partial charge < -0.3 is 20.1 Å². The molecule has 22 heavy (non-hydrogen) atoms. The molecule has 0 unspecified atom stereocenters. The first kappa shape index (κ1) is 18.7. The zero-order valence-corrected chi connectivity index (χ0v) is 14.2. The molecule has 1 heterocycles. The molecule has 2 amide bonds. The molecule has 0 saturated carbocycles. The monoisotopic (exact) mass is 314 g/mol. The van der Waals surface area contributed by atoms with Gasteiger partial charge in [0.15, 0.2) is 0 Å². The summed E-state index contributed by atoms with van der Waals surface area (Å²) in [4.78, 5) is 23.8. The molecule has 6 nitrogen and oxygen atoms in total. The lowest BCUT2D eigenvalue weighted by atomic mass is 10.0. The van der Waals surface area contributed by atoms with E-state index in [4.69, 9.17) is 9.47 Å². The van der Waals surface area contributed by atoms with Gasteiger partial charge in [0.05, 0.1) is 12.0 Å². The van der Waals surface area contributed by atoms with Crippen molar-refractivity contribution in [2.75, 3.05) is 19.7 Å². The Balaban J connectivity index is 2.33. The predicted molar refractivity (Wildman–Crippen MR) is 84.6 cm³/mol. The van der Waals surface area contributed by atoms with E-state index >= 15 is 0 Å². The number of nitrogens with one attached hydrogen (secondary N) is 2. The Bertz CT molecular complexity index is 366. The number of ether oxygens (including phenoxy) is 2. The first-order chi connectivity index (χ1) is 10.3. The first-order valence-electron chi connectivity index (χ1n) is 8.19. The third-order valence-electron chi connectivity index (χ3n) is 3.47. The van der Waals surface area contributed by atoms with Crippen molar-refractivity contribution in [3.8, 4) is 0 Å². The van der Waals surface area contributed by atoms with Crippen LogP contribution in [-0.4, -0.2) is 43.4 Å². The number of hydrogen-bond donors (Lipinski definition) is 2. The number of unbranched alkanes of at least 4 members (excludes halogenated alkanes) is 2. The van der Waals surface area contributed by atoms with Crippen LogP contribution in [0.4, 0.5) is 4.79 Å².